The van der Waals surface area contributed by atoms with E-state index in [0.717, 1.165) is 12.8 Å². The fourth-order valence-corrected chi connectivity index (χ4v) is 5.53. The van der Waals surface area contributed by atoms with Gasteiger partial charge in [0.25, 0.3) is 0 Å². The van der Waals surface area contributed by atoms with Crippen LogP contribution in [-0.2, 0) is 14.3 Å². The first-order chi connectivity index (χ1) is 17.0. The van der Waals surface area contributed by atoms with Crippen LogP contribution >= 0.6 is 0 Å². The molecule has 6 rings (SSSR count). The molecule has 2 aromatic heterocycles. The Kier molecular flexibility index (Phi) is 5.82. The number of aromatic nitrogens is 2. The quantitative estimate of drug-likeness (QED) is 0.528. The van der Waals surface area contributed by atoms with E-state index in [-0.39, 0.29) is 24.9 Å². The zero-order valence-electron chi connectivity index (χ0n) is 19.6. The fourth-order valence-electron chi connectivity index (χ4n) is 5.53. The van der Waals surface area contributed by atoms with Crippen molar-refractivity contribution >= 4 is 16.8 Å². The number of rotatable bonds is 7. The highest BCUT2D eigenvalue weighted by molar-refractivity contribution is 5.81. The first-order valence-corrected chi connectivity index (χ1v) is 12.4. The number of carbonyl (C=O) groups is 1. The Labute approximate surface area is 202 Å². The first kappa shape index (κ1) is 22.6. The van der Waals surface area contributed by atoms with Gasteiger partial charge in [-0.1, -0.05) is 31.2 Å². The monoisotopic (exact) mass is 480 g/mol. The van der Waals surface area contributed by atoms with E-state index in [1.165, 1.54) is 11.6 Å². The number of hydrogen-bond acceptors (Lipinski definition) is 6. The summed E-state index contributed by atoms with van der Waals surface area (Å²) in [5.41, 5.74) is 3.38. The summed E-state index contributed by atoms with van der Waals surface area (Å²) in [6.45, 7) is 2.47. The predicted octanol–water partition coefficient (Wildman–Crippen LogP) is 4.14. The minimum atomic E-state index is -0.642. The third-order valence-electron chi connectivity index (χ3n) is 7.59. The number of hydrogen-bond donors (Lipinski definition) is 2. The summed E-state index contributed by atoms with van der Waals surface area (Å²) < 4.78 is 32.2. The zero-order chi connectivity index (χ0) is 24.1. The van der Waals surface area contributed by atoms with Gasteiger partial charge in [0.2, 0.25) is 0 Å². The highest BCUT2D eigenvalue weighted by Gasteiger charge is 2.48. The van der Waals surface area contributed by atoms with Crippen LogP contribution in [-0.4, -0.2) is 58.5 Å². The van der Waals surface area contributed by atoms with Gasteiger partial charge in [-0.3, -0.25) is 4.79 Å². The number of aliphatic hydroxyl groups excluding tert-OH is 1. The lowest BCUT2D eigenvalue weighted by molar-refractivity contribution is -0.120. The topological polar surface area (TPSA) is 93.7 Å². The van der Waals surface area contributed by atoms with Crippen molar-refractivity contribution in [2.45, 2.75) is 62.9 Å². The second-order valence-corrected chi connectivity index (χ2v) is 9.96. The molecule has 3 aromatic rings. The number of pyridine rings is 1. The summed E-state index contributed by atoms with van der Waals surface area (Å²) in [7, 11) is 0. The van der Waals surface area contributed by atoms with Gasteiger partial charge in [0.1, 0.15) is 29.8 Å². The van der Waals surface area contributed by atoms with Crippen molar-refractivity contribution in [3.05, 3.63) is 47.8 Å². The van der Waals surface area contributed by atoms with Crippen LogP contribution in [0.3, 0.4) is 0 Å². The number of ketones is 1. The lowest BCUT2D eigenvalue weighted by Crippen LogP contribution is -2.34. The molecular formula is C27H29FN2O5. The number of nitrogens with one attached hydrogen (secondary N) is 1. The minimum absolute atomic E-state index is 0.233. The molecule has 2 N–H and O–H groups in total. The molecule has 0 radical (unpaired) electrons. The highest BCUT2D eigenvalue weighted by Crippen LogP contribution is 2.44. The SMILES string of the molecule is CCC(=O)CC1CC(c2ccc(-c3nc4cc(O[C@@H]5CO[C@H]6[C@@H]5OC[C@H]6O)[nH]c4cc3F)cc2)C1. The molecule has 0 amide bonds. The van der Waals surface area contributed by atoms with E-state index in [0.29, 0.717) is 65.2 Å². The summed E-state index contributed by atoms with van der Waals surface area (Å²) >= 11 is 0. The summed E-state index contributed by atoms with van der Waals surface area (Å²) in [6, 6.07) is 11.1. The van der Waals surface area contributed by atoms with Crippen molar-refractivity contribution < 1.29 is 28.5 Å². The Morgan fingerprint density at radius 1 is 1.17 bits per heavy atom. The number of carbonyl (C=O) groups excluding carboxylic acids is 1. The molecule has 3 aliphatic rings. The third kappa shape index (κ3) is 4.24. The Morgan fingerprint density at radius 2 is 1.94 bits per heavy atom. The molecule has 2 saturated heterocycles. The van der Waals surface area contributed by atoms with E-state index in [4.69, 9.17) is 14.2 Å². The zero-order valence-corrected chi connectivity index (χ0v) is 19.6. The molecular weight excluding hydrogens is 451 g/mol. The molecule has 3 fully saturated rings. The van der Waals surface area contributed by atoms with Crippen LogP contribution in [0.4, 0.5) is 4.39 Å². The predicted molar refractivity (Wildman–Crippen MR) is 127 cm³/mol. The number of halogens is 1. The molecule has 35 heavy (non-hydrogen) atoms. The molecule has 1 saturated carbocycles. The number of nitrogens with zero attached hydrogens (tertiary/aromatic N) is 1. The van der Waals surface area contributed by atoms with Gasteiger partial charge in [-0.2, -0.15) is 0 Å². The normalized spacial score (nSPS) is 29.8. The van der Waals surface area contributed by atoms with E-state index in [2.05, 4.69) is 9.97 Å². The van der Waals surface area contributed by atoms with E-state index >= 15 is 0 Å². The van der Waals surface area contributed by atoms with Crippen LogP contribution < -0.4 is 4.74 Å². The van der Waals surface area contributed by atoms with Crippen LogP contribution in [0.1, 0.15) is 44.1 Å². The number of H-pyrrole nitrogens is 1. The van der Waals surface area contributed by atoms with Crippen LogP contribution in [0.2, 0.25) is 0 Å². The van der Waals surface area contributed by atoms with Gasteiger partial charge < -0.3 is 24.3 Å². The Hall–Kier alpha value is -2.81. The van der Waals surface area contributed by atoms with Crippen molar-refractivity contribution in [2.24, 2.45) is 5.92 Å². The summed E-state index contributed by atoms with van der Waals surface area (Å²) in [6.07, 6.45) is 1.67. The number of aliphatic hydroxyl groups is 1. The maximum atomic E-state index is 15.0. The van der Waals surface area contributed by atoms with E-state index in [1.807, 2.05) is 31.2 Å². The average Bonchev–Trinajstić information content (AvgIpc) is 3.52. The van der Waals surface area contributed by atoms with Gasteiger partial charge in [0.15, 0.2) is 17.8 Å². The van der Waals surface area contributed by atoms with Crippen molar-refractivity contribution in [1.29, 1.82) is 0 Å². The number of fused-ring (bicyclic) bond motifs is 2. The summed E-state index contributed by atoms with van der Waals surface area (Å²) in [5, 5.41) is 9.91. The van der Waals surface area contributed by atoms with Gasteiger partial charge in [-0.15, -0.1) is 0 Å². The number of aromatic amines is 1. The molecule has 7 nitrogen and oxygen atoms in total. The number of benzene rings is 1. The maximum Gasteiger partial charge on any atom is 0.193 e. The summed E-state index contributed by atoms with van der Waals surface area (Å²) in [4.78, 5) is 19.3. The van der Waals surface area contributed by atoms with E-state index < -0.39 is 11.9 Å². The second-order valence-electron chi connectivity index (χ2n) is 9.96. The Morgan fingerprint density at radius 3 is 2.71 bits per heavy atom. The van der Waals surface area contributed by atoms with Crippen LogP contribution in [0.5, 0.6) is 5.88 Å². The molecule has 0 unspecified atom stereocenters. The van der Waals surface area contributed by atoms with Gasteiger partial charge in [-0.05, 0) is 30.2 Å². The third-order valence-corrected chi connectivity index (χ3v) is 7.59. The van der Waals surface area contributed by atoms with Crippen molar-refractivity contribution in [3.8, 4) is 17.1 Å². The van der Waals surface area contributed by atoms with Gasteiger partial charge in [0.05, 0.1) is 24.2 Å². The molecule has 0 spiro atoms. The Balaban J connectivity index is 1.15. The Bertz CT molecular complexity index is 1240. The first-order valence-electron chi connectivity index (χ1n) is 12.4. The molecule has 8 heteroatoms. The van der Waals surface area contributed by atoms with Crippen LogP contribution in [0, 0.1) is 11.7 Å². The van der Waals surface area contributed by atoms with Gasteiger partial charge in [-0.25, -0.2) is 9.37 Å². The lowest BCUT2D eigenvalue weighted by atomic mass is 9.69. The fraction of sp³-hybridized carbons (Fsp3) is 0.481. The summed E-state index contributed by atoms with van der Waals surface area (Å²) in [5.74, 6) is 1.34. The molecule has 1 aliphatic carbocycles. The van der Waals surface area contributed by atoms with Crippen LogP contribution in [0.15, 0.2) is 36.4 Å². The maximum absolute atomic E-state index is 15.0. The molecule has 4 atom stereocenters. The second kappa shape index (κ2) is 9.00. The van der Waals surface area contributed by atoms with E-state index in [9.17, 15) is 14.3 Å². The minimum Gasteiger partial charge on any atom is -0.470 e. The van der Waals surface area contributed by atoms with Gasteiger partial charge in [0, 0.05) is 30.5 Å². The molecule has 1 aromatic carbocycles. The lowest BCUT2D eigenvalue weighted by Gasteiger charge is -2.35. The molecule has 2 aliphatic heterocycles. The average molecular weight is 481 g/mol. The highest BCUT2D eigenvalue weighted by atomic mass is 19.1. The standard InChI is InChI=1S/C27H29FN2O5/c1-2-18(31)9-14-7-17(8-14)15-3-5-16(6-4-15)25-19(28)10-20-21(30-25)11-24(29-20)35-23-13-34-26-22(32)12-33-27(23)26/h3-6,10-11,14,17,22-23,26-27,29,32H,2,7-9,12-13H2,1H3/t14?,17?,22-,23-,26-,27-/m1/s1. The molecule has 0 bridgehead atoms. The molecule has 184 valence electrons. The van der Waals surface area contributed by atoms with Crippen molar-refractivity contribution in [2.75, 3.05) is 13.2 Å². The molecule has 4 heterocycles. The van der Waals surface area contributed by atoms with Gasteiger partial charge >= 0.3 is 0 Å². The number of Topliss-reactive ketones (excluding diaryl/α,β-unsaturated/α-hetero) is 1. The van der Waals surface area contributed by atoms with Crippen LogP contribution in [0.25, 0.3) is 22.3 Å². The number of ether oxygens (including phenoxy) is 3. The largest absolute Gasteiger partial charge is 0.470 e. The van der Waals surface area contributed by atoms with Crippen molar-refractivity contribution in [3.63, 3.8) is 0 Å². The van der Waals surface area contributed by atoms with E-state index in [1.54, 1.807) is 6.07 Å². The smallest absolute Gasteiger partial charge is 0.193 e. The van der Waals surface area contributed by atoms with Crippen molar-refractivity contribution in [1.82, 2.24) is 9.97 Å².